The Balaban J connectivity index is 1.61. The lowest BCUT2D eigenvalue weighted by molar-refractivity contribution is -0.113. The molecule has 8 nitrogen and oxygen atoms in total. The van der Waals surface area contributed by atoms with Gasteiger partial charge in [-0.25, -0.2) is 0 Å². The number of anilines is 1. The van der Waals surface area contributed by atoms with Gasteiger partial charge in [0, 0.05) is 11.4 Å². The normalized spacial score (nSPS) is 10.2. The van der Waals surface area contributed by atoms with Crippen molar-refractivity contribution >= 4 is 23.4 Å². The SMILES string of the molecule is COc1ccc(-n2c(C)nnc2SCC(=O)Nc2ccc(OCC#N)cc2)cc1. The van der Waals surface area contributed by atoms with Crippen molar-refractivity contribution in [3.8, 4) is 23.3 Å². The number of nitrogens with zero attached hydrogens (tertiary/aromatic N) is 4. The van der Waals surface area contributed by atoms with Gasteiger partial charge >= 0.3 is 0 Å². The van der Waals surface area contributed by atoms with Crippen molar-refractivity contribution in [1.29, 1.82) is 5.26 Å². The Morgan fingerprint density at radius 2 is 1.83 bits per heavy atom. The number of aryl methyl sites for hydroxylation is 1. The molecule has 1 amide bonds. The Bertz CT molecular complexity index is 1010. The maximum Gasteiger partial charge on any atom is 0.234 e. The minimum Gasteiger partial charge on any atom is -0.497 e. The summed E-state index contributed by atoms with van der Waals surface area (Å²) in [7, 11) is 1.62. The molecule has 0 saturated heterocycles. The number of benzene rings is 2. The number of hydrogen-bond acceptors (Lipinski definition) is 7. The summed E-state index contributed by atoms with van der Waals surface area (Å²) in [5, 5.41) is 20.3. The van der Waals surface area contributed by atoms with E-state index < -0.39 is 0 Å². The van der Waals surface area contributed by atoms with Gasteiger partial charge < -0.3 is 14.8 Å². The molecule has 9 heteroatoms. The van der Waals surface area contributed by atoms with E-state index in [1.807, 2.05) is 41.8 Å². The van der Waals surface area contributed by atoms with E-state index in [0.29, 0.717) is 16.6 Å². The molecule has 2 aromatic carbocycles. The number of carbonyl (C=O) groups excluding carboxylic acids is 1. The number of hydrogen-bond donors (Lipinski definition) is 1. The maximum absolute atomic E-state index is 12.3. The van der Waals surface area contributed by atoms with Crippen LogP contribution >= 0.6 is 11.8 Å². The third-order valence-corrected chi connectivity index (χ3v) is 4.83. The average Bonchev–Trinajstić information content (AvgIpc) is 3.12. The van der Waals surface area contributed by atoms with Crippen molar-refractivity contribution < 1.29 is 14.3 Å². The summed E-state index contributed by atoms with van der Waals surface area (Å²) in [6.07, 6.45) is 0. The third-order valence-electron chi connectivity index (χ3n) is 3.90. The molecular formula is C20H19N5O3S. The van der Waals surface area contributed by atoms with Crippen LogP contribution in [0.4, 0.5) is 5.69 Å². The Morgan fingerprint density at radius 3 is 2.48 bits per heavy atom. The molecule has 1 heterocycles. The molecule has 0 aliphatic carbocycles. The molecular weight excluding hydrogens is 390 g/mol. The topological polar surface area (TPSA) is 102 Å². The fourth-order valence-electron chi connectivity index (χ4n) is 2.54. The van der Waals surface area contributed by atoms with E-state index in [9.17, 15) is 4.79 Å². The van der Waals surface area contributed by atoms with Gasteiger partial charge in [-0.15, -0.1) is 10.2 Å². The molecule has 0 saturated carbocycles. The molecule has 0 unspecified atom stereocenters. The van der Waals surface area contributed by atoms with Crippen molar-refractivity contribution in [3.05, 3.63) is 54.4 Å². The summed E-state index contributed by atoms with van der Waals surface area (Å²) in [6.45, 7) is 1.84. The van der Waals surface area contributed by atoms with Gasteiger partial charge in [-0.3, -0.25) is 9.36 Å². The third kappa shape index (κ3) is 5.27. The van der Waals surface area contributed by atoms with Gasteiger partial charge in [0.25, 0.3) is 0 Å². The van der Waals surface area contributed by atoms with Crippen molar-refractivity contribution in [2.24, 2.45) is 0 Å². The molecule has 29 heavy (non-hydrogen) atoms. The highest BCUT2D eigenvalue weighted by molar-refractivity contribution is 7.99. The highest BCUT2D eigenvalue weighted by atomic mass is 32.2. The molecule has 0 bridgehead atoms. The van der Waals surface area contributed by atoms with Crippen LogP contribution < -0.4 is 14.8 Å². The van der Waals surface area contributed by atoms with Gasteiger partial charge in [0.05, 0.1) is 12.9 Å². The highest BCUT2D eigenvalue weighted by Gasteiger charge is 2.13. The minimum atomic E-state index is -0.164. The Morgan fingerprint density at radius 1 is 1.14 bits per heavy atom. The van der Waals surface area contributed by atoms with Gasteiger partial charge in [0.2, 0.25) is 5.91 Å². The monoisotopic (exact) mass is 409 g/mol. The zero-order valence-electron chi connectivity index (χ0n) is 16.0. The number of rotatable bonds is 8. The molecule has 148 valence electrons. The Labute approximate surface area is 172 Å². The van der Waals surface area contributed by atoms with E-state index in [0.717, 1.165) is 17.3 Å². The lowest BCUT2D eigenvalue weighted by atomic mass is 10.3. The summed E-state index contributed by atoms with van der Waals surface area (Å²) < 4.78 is 12.3. The second-order valence-electron chi connectivity index (χ2n) is 5.87. The van der Waals surface area contributed by atoms with Crippen LogP contribution in [-0.4, -0.2) is 40.1 Å². The fraction of sp³-hybridized carbons (Fsp3) is 0.200. The van der Waals surface area contributed by atoms with Crippen LogP contribution in [0.15, 0.2) is 53.7 Å². The summed E-state index contributed by atoms with van der Waals surface area (Å²) in [4.78, 5) is 12.3. The second-order valence-corrected chi connectivity index (χ2v) is 6.81. The van der Waals surface area contributed by atoms with E-state index in [-0.39, 0.29) is 18.3 Å². The van der Waals surface area contributed by atoms with Crippen LogP contribution in [0.3, 0.4) is 0 Å². The van der Waals surface area contributed by atoms with E-state index in [2.05, 4.69) is 15.5 Å². The number of nitrogens with one attached hydrogen (secondary N) is 1. The number of thioether (sulfide) groups is 1. The molecule has 0 atom stereocenters. The average molecular weight is 409 g/mol. The molecule has 0 aliphatic rings. The molecule has 1 N–H and O–H groups in total. The van der Waals surface area contributed by atoms with Crippen molar-refractivity contribution in [3.63, 3.8) is 0 Å². The summed E-state index contributed by atoms with van der Waals surface area (Å²) >= 11 is 1.30. The predicted molar refractivity (Wildman–Crippen MR) is 110 cm³/mol. The summed E-state index contributed by atoms with van der Waals surface area (Å²) in [6, 6.07) is 16.3. The first-order chi connectivity index (χ1) is 14.1. The first-order valence-electron chi connectivity index (χ1n) is 8.69. The fourth-order valence-corrected chi connectivity index (χ4v) is 3.34. The number of methoxy groups -OCH3 is 1. The molecule has 3 aromatic rings. The smallest absolute Gasteiger partial charge is 0.234 e. The molecule has 3 rings (SSSR count). The first kappa shape index (κ1) is 20.2. The van der Waals surface area contributed by atoms with E-state index in [4.69, 9.17) is 14.7 Å². The number of amides is 1. The van der Waals surface area contributed by atoms with Crippen LogP contribution in [0, 0.1) is 18.3 Å². The number of ether oxygens (including phenoxy) is 2. The lowest BCUT2D eigenvalue weighted by Gasteiger charge is -2.10. The minimum absolute atomic E-state index is 0.0172. The Kier molecular flexibility index (Phi) is 6.71. The first-order valence-corrected chi connectivity index (χ1v) is 9.68. The van der Waals surface area contributed by atoms with Gasteiger partial charge in [-0.1, -0.05) is 11.8 Å². The number of nitriles is 1. The summed E-state index contributed by atoms with van der Waals surface area (Å²) in [5.74, 6) is 2.08. The zero-order valence-corrected chi connectivity index (χ0v) is 16.8. The van der Waals surface area contributed by atoms with Gasteiger partial charge in [-0.2, -0.15) is 5.26 Å². The van der Waals surface area contributed by atoms with E-state index in [1.165, 1.54) is 11.8 Å². The lowest BCUT2D eigenvalue weighted by Crippen LogP contribution is -2.14. The molecule has 0 radical (unpaired) electrons. The van der Waals surface area contributed by atoms with Crippen LogP contribution in [0.25, 0.3) is 5.69 Å². The largest absolute Gasteiger partial charge is 0.497 e. The summed E-state index contributed by atoms with van der Waals surface area (Å²) in [5.41, 5.74) is 1.54. The van der Waals surface area contributed by atoms with Gasteiger partial charge in [0.1, 0.15) is 23.4 Å². The van der Waals surface area contributed by atoms with Crippen LogP contribution in [0.1, 0.15) is 5.82 Å². The predicted octanol–water partition coefficient (Wildman–Crippen LogP) is 3.22. The van der Waals surface area contributed by atoms with Crippen LogP contribution in [-0.2, 0) is 4.79 Å². The standard InChI is InChI=1S/C20H19N5O3S/c1-14-23-24-20(25(14)16-5-9-17(27-2)10-6-16)29-13-19(26)22-15-3-7-18(8-4-15)28-12-11-21/h3-10H,12-13H2,1-2H3,(H,22,26). The van der Waals surface area contributed by atoms with Crippen molar-refractivity contribution in [1.82, 2.24) is 14.8 Å². The number of carbonyl (C=O) groups is 1. The highest BCUT2D eigenvalue weighted by Crippen LogP contribution is 2.24. The molecule has 0 fully saturated rings. The van der Waals surface area contributed by atoms with Gasteiger partial charge in [-0.05, 0) is 55.5 Å². The van der Waals surface area contributed by atoms with Gasteiger partial charge in [0.15, 0.2) is 11.8 Å². The van der Waals surface area contributed by atoms with Crippen LogP contribution in [0.2, 0.25) is 0 Å². The number of aromatic nitrogens is 3. The second kappa shape index (κ2) is 9.61. The van der Waals surface area contributed by atoms with Crippen molar-refractivity contribution in [2.75, 3.05) is 24.8 Å². The van der Waals surface area contributed by atoms with Crippen LogP contribution in [0.5, 0.6) is 11.5 Å². The Hall–Kier alpha value is -3.51. The van der Waals surface area contributed by atoms with E-state index in [1.54, 1.807) is 31.4 Å². The quantitative estimate of drug-likeness (QED) is 0.570. The molecule has 1 aromatic heterocycles. The van der Waals surface area contributed by atoms with Crippen molar-refractivity contribution in [2.45, 2.75) is 12.1 Å². The molecule has 0 spiro atoms. The van der Waals surface area contributed by atoms with E-state index >= 15 is 0 Å². The maximum atomic E-state index is 12.3. The zero-order chi connectivity index (χ0) is 20.6. The molecule has 0 aliphatic heterocycles.